The largest absolute Gasteiger partial charge is 0.481 e. The van der Waals surface area contributed by atoms with Crippen LogP contribution < -0.4 is 5.32 Å². The Morgan fingerprint density at radius 3 is 2.68 bits per heavy atom. The van der Waals surface area contributed by atoms with Gasteiger partial charge in [-0.1, -0.05) is 44.5 Å². The maximum Gasteiger partial charge on any atom is 0.310 e. The summed E-state index contributed by atoms with van der Waals surface area (Å²) in [6.45, 7) is 8.38. The first kappa shape index (κ1) is 28.0. The molecule has 38 heavy (non-hydrogen) atoms. The fourth-order valence-corrected chi connectivity index (χ4v) is 5.49. The fraction of sp³-hybridized carbons (Fsp3) is 0.464. The van der Waals surface area contributed by atoms with E-state index in [1.165, 1.54) is 6.07 Å². The lowest BCUT2D eigenvalue weighted by molar-refractivity contribution is -0.154. The number of anilines is 2. The number of hydrogen-bond acceptors (Lipinski definition) is 5. The standard InChI is InChI=1S/C28H34ClF2N5O2/c1-5-19-13-28(27(37)38,9-10-36(19)15-18-7-6-8-21(29)25(18)30)14-22-26(31)20(16(2)3)12-23(32-22)33-24-11-17(4)34-35-24/h6-8,11-12,16,19H,5,9-10,13-15H2,1-4H3,(H,37,38)(H2,32,33,34,35)/t19-,28-/m1/s1. The van der Waals surface area contributed by atoms with E-state index in [0.717, 1.165) is 5.69 Å². The van der Waals surface area contributed by atoms with Crippen molar-refractivity contribution in [2.45, 2.75) is 71.9 Å². The number of aliphatic carboxylic acids is 1. The number of carboxylic acids is 1. The summed E-state index contributed by atoms with van der Waals surface area (Å²) >= 11 is 5.97. The van der Waals surface area contributed by atoms with Gasteiger partial charge in [0.05, 0.1) is 16.1 Å². The second-order valence-electron chi connectivity index (χ2n) is 10.5. The van der Waals surface area contributed by atoms with Crippen LogP contribution >= 0.6 is 11.6 Å². The molecular weight excluding hydrogens is 512 g/mol. The number of nitrogens with zero attached hydrogens (tertiary/aromatic N) is 3. The number of piperidine rings is 1. The van der Waals surface area contributed by atoms with Gasteiger partial charge in [-0.3, -0.25) is 14.8 Å². The molecule has 204 valence electrons. The van der Waals surface area contributed by atoms with Gasteiger partial charge in [-0.15, -0.1) is 0 Å². The van der Waals surface area contributed by atoms with E-state index in [9.17, 15) is 14.3 Å². The van der Waals surface area contributed by atoms with Crippen LogP contribution in [0.3, 0.4) is 0 Å². The topological polar surface area (TPSA) is 94.1 Å². The summed E-state index contributed by atoms with van der Waals surface area (Å²) in [6, 6.07) is 8.24. The Hall–Kier alpha value is -3.04. The first-order valence-corrected chi connectivity index (χ1v) is 13.3. The molecule has 4 rings (SSSR count). The molecule has 1 saturated heterocycles. The Labute approximate surface area is 226 Å². The molecule has 0 spiro atoms. The summed E-state index contributed by atoms with van der Waals surface area (Å²) < 4.78 is 30.3. The van der Waals surface area contributed by atoms with Crippen LogP contribution in [0.2, 0.25) is 5.02 Å². The van der Waals surface area contributed by atoms with Crippen molar-refractivity contribution in [3.63, 3.8) is 0 Å². The second kappa shape index (κ2) is 11.4. The smallest absolute Gasteiger partial charge is 0.310 e. The van der Waals surface area contributed by atoms with Crippen LogP contribution in [0.5, 0.6) is 0 Å². The van der Waals surface area contributed by atoms with Crippen molar-refractivity contribution in [3.05, 3.63) is 69.5 Å². The Morgan fingerprint density at radius 2 is 2.05 bits per heavy atom. The van der Waals surface area contributed by atoms with Gasteiger partial charge >= 0.3 is 5.97 Å². The van der Waals surface area contributed by atoms with Gasteiger partial charge in [-0.25, -0.2) is 13.8 Å². The molecule has 0 saturated carbocycles. The molecule has 1 fully saturated rings. The minimum Gasteiger partial charge on any atom is -0.481 e. The fourth-order valence-electron chi connectivity index (χ4n) is 5.29. The SMILES string of the molecule is CC[C@@H]1C[C@](Cc2nc(Nc3cc(C)[nH]n3)cc(C(C)C)c2F)(C(=O)O)CCN1Cc1cccc(Cl)c1F. The highest BCUT2D eigenvalue weighted by Crippen LogP contribution is 2.41. The highest BCUT2D eigenvalue weighted by atomic mass is 35.5. The summed E-state index contributed by atoms with van der Waals surface area (Å²) in [5, 5.41) is 20.6. The molecular formula is C28H34ClF2N5O2. The normalized spacial score (nSPS) is 20.2. The van der Waals surface area contributed by atoms with Crippen LogP contribution in [-0.2, 0) is 17.8 Å². The lowest BCUT2D eigenvalue weighted by Crippen LogP contribution is -2.50. The molecule has 7 nitrogen and oxygen atoms in total. The number of carboxylic acid groups (broad SMARTS) is 1. The Morgan fingerprint density at radius 1 is 1.29 bits per heavy atom. The maximum atomic E-state index is 15.7. The first-order valence-electron chi connectivity index (χ1n) is 12.9. The van der Waals surface area contributed by atoms with Gasteiger partial charge in [-0.2, -0.15) is 5.10 Å². The zero-order valence-corrected chi connectivity index (χ0v) is 22.9. The van der Waals surface area contributed by atoms with E-state index in [0.29, 0.717) is 48.7 Å². The predicted molar refractivity (Wildman–Crippen MR) is 144 cm³/mol. The molecule has 0 unspecified atom stereocenters. The highest BCUT2D eigenvalue weighted by Gasteiger charge is 2.46. The number of hydrogen-bond donors (Lipinski definition) is 3. The van der Waals surface area contributed by atoms with Gasteiger partial charge in [0, 0.05) is 36.3 Å². The number of carbonyl (C=O) groups is 1. The Kier molecular flexibility index (Phi) is 8.37. The second-order valence-corrected chi connectivity index (χ2v) is 10.9. The van der Waals surface area contributed by atoms with Gasteiger partial charge in [0.25, 0.3) is 0 Å². The average molecular weight is 546 g/mol. The number of nitrogens with one attached hydrogen (secondary N) is 2. The van der Waals surface area contributed by atoms with Crippen LogP contribution in [-0.4, -0.2) is 43.7 Å². The van der Waals surface area contributed by atoms with E-state index in [-0.39, 0.29) is 35.5 Å². The van der Waals surface area contributed by atoms with E-state index in [1.54, 1.807) is 18.2 Å². The lowest BCUT2D eigenvalue weighted by atomic mass is 9.71. The Balaban J connectivity index is 1.63. The number of aromatic nitrogens is 3. The summed E-state index contributed by atoms with van der Waals surface area (Å²) in [5.74, 6) is -1.07. The minimum absolute atomic E-state index is 0.0428. The number of rotatable bonds is 9. The molecule has 1 aliphatic heterocycles. The molecule has 1 aliphatic rings. The molecule has 0 bridgehead atoms. The molecule has 3 heterocycles. The number of aryl methyl sites for hydroxylation is 1. The van der Waals surface area contributed by atoms with E-state index >= 15 is 4.39 Å². The Bertz CT molecular complexity index is 1310. The van der Waals surface area contributed by atoms with Gasteiger partial charge in [0.2, 0.25) is 0 Å². The molecule has 2 aromatic heterocycles. The van der Waals surface area contributed by atoms with Crippen LogP contribution in [0, 0.1) is 24.0 Å². The van der Waals surface area contributed by atoms with Gasteiger partial charge < -0.3 is 10.4 Å². The zero-order valence-electron chi connectivity index (χ0n) is 22.1. The molecule has 10 heteroatoms. The van der Waals surface area contributed by atoms with Crippen LogP contribution in [0.1, 0.15) is 68.5 Å². The van der Waals surface area contributed by atoms with Crippen molar-refractivity contribution in [1.82, 2.24) is 20.1 Å². The molecule has 3 aromatic rings. The quantitative estimate of drug-likeness (QED) is 0.280. The third kappa shape index (κ3) is 5.83. The number of H-pyrrole nitrogens is 1. The zero-order chi connectivity index (χ0) is 27.6. The lowest BCUT2D eigenvalue weighted by Gasteiger charge is -2.44. The first-order chi connectivity index (χ1) is 18.0. The summed E-state index contributed by atoms with van der Waals surface area (Å²) in [4.78, 5) is 19.4. The molecule has 0 radical (unpaired) electrons. The molecule has 1 aromatic carbocycles. The third-order valence-corrected chi connectivity index (χ3v) is 7.79. The predicted octanol–water partition coefficient (Wildman–Crippen LogP) is 6.60. The number of pyridine rings is 1. The van der Waals surface area contributed by atoms with Crippen LogP contribution in [0.25, 0.3) is 0 Å². The summed E-state index contributed by atoms with van der Waals surface area (Å²) in [7, 11) is 0. The molecule has 0 amide bonds. The number of halogens is 3. The van der Waals surface area contributed by atoms with Gasteiger partial charge in [0.1, 0.15) is 17.5 Å². The van der Waals surface area contributed by atoms with Crippen molar-refractivity contribution < 1.29 is 18.7 Å². The summed E-state index contributed by atoms with van der Waals surface area (Å²) in [6.07, 6.45) is 1.22. The number of benzene rings is 1. The monoisotopic (exact) mass is 545 g/mol. The average Bonchev–Trinajstić information content (AvgIpc) is 3.28. The van der Waals surface area contributed by atoms with Crippen LogP contribution in [0.15, 0.2) is 30.3 Å². The van der Waals surface area contributed by atoms with Gasteiger partial charge in [-0.05, 0) is 56.3 Å². The van der Waals surface area contributed by atoms with E-state index in [4.69, 9.17) is 11.6 Å². The van der Waals surface area contributed by atoms with Crippen molar-refractivity contribution in [1.29, 1.82) is 0 Å². The number of aromatic amines is 1. The van der Waals surface area contributed by atoms with E-state index in [1.807, 2.05) is 33.8 Å². The van der Waals surface area contributed by atoms with Gasteiger partial charge in [0.15, 0.2) is 5.82 Å². The molecule has 2 atom stereocenters. The molecule has 0 aliphatic carbocycles. The molecule has 3 N–H and O–H groups in total. The van der Waals surface area contributed by atoms with Crippen molar-refractivity contribution in [2.24, 2.45) is 5.41 Å². The highest BCUT2D eigenvalue weighted by molar-refractivity contribution is 6.30. The minimum atomic E-state index is -1.20. The number of likely N-dealkylation sites (tertiary alicyclic amines) is 1. The van der Waals surface area contributed by atoms with Crippen molar-refractivity contribution in [2.75, 3.05) is 11.9 Å². The van der Waals surface area contributed by atoms with E-state index in [2.05, 4.69) is 25.4 Å². The van der Waals surface area contributed by atoms with E-state index < -0.39 is 23.0 Å². The van der Waals surface area contributed by atoms with Crippen molar-refractivity contribution >= 4 is 29.2 Å². The summed E-state index contributed by atoms with van der Waals surface area (Å²) in [5.41, 5.74) is 0.719. The van der Waals surface area contributed by atoms with Crippen LogP contribution in [0.4, 0.5) is 20.4 Å². The third-order valence-electron chi connectivity index (χ3n) is 7.49. The maximum absolute atomic E-state index is 15.7. The van der Waals surface area contributed by atoms with Crippen molar-refractivity contribution in [3.8, 4) is 0 Å².